The second kappa shape index (κ2) is 3.84. The van der Waals surface area contributed by atoms with Gasteiger partial charge in [0, 0.05) is 6.04 Å². The van der Waals surface area contributed by atoms with Crippen molar-refractivity contribution in [2.45, 2.75) is 58.9 Å². The third kappa shape index (κ3) is 1.71. The molecule has 2 fully saturated rings. The molecule has 1 nitrogen and oxygen atoms in total. The Morgan fingerprint density at radius 2 is 1.79 bits per heavy atom. The van der Waals surface area contributed by atoms with Gasteiger partial charge in [-0.15, -0.1) is 0 Å². The van der Waals surface area contributed by atoms with Crippen molar-refractivity contribution in [3.63, 3.8) is 0 Å². The average molecular weight is 195 g/mol. The first-order valence-electron chi connectivity index (χ1n) is 6.38. The molecule has 0 aromatic rings. The molecule has 2 aliphatic rings. The van der Waals surface area contributed by atoms with E-state index in [0.717, 1.165) is 17.4 Å². The molecule has 0 radical (unpaired) electrons. The molecule has 14 heavy (non-hydrogen) atoms. The summed E-state index contributed by atoms with van der Waals surface area (Å²) in [6, 6.07) is 0.754. The molecular weight excluding hydrogens is 170 g/mol. The minimum atomic E-state index is 0.754. The number of rotatable bonds is 1. The zero-order valence-electron chi connectivity index (χ0n) is 10.1. The lowest BCUT2D eigenvalue weighted by Gasteiger charge is -2.43. The summed E-state index contributed by atoms with van der Waals surface area (Å²) >= 11 is 0. The van der Waals surface area contributed by atoms with Gasteiger partial charge in [-0.1, -0.05) is 19.8 Å². The highest BCUT2D eigenvalue weighted by Gasteiger charge is 2.42. The van der Waals surface area contributed by atoms with Crippen LogP contribution in [0.2, 0.25) is 0 Å². The predicted octanol–water partition coefficient (Wildman–Crippen LogP) is 3.30. The lowest BCUT2D eigenvalue weighted by Crippen LogP contribution is -2.44. The van der Waals surface area contributed by atoms with Crippen LogP contribution >= 0.6 is 0 Å². The molecule has 0 aromatic carbocycles. The maximum absolute atomic E-state index is 2.65. The number of hydrogen-bond acceptors (Lipinski definition) is 1. The summed E-state index contributed by atoms with van der Waals surface area (Å²) in [5.74, 6) is 0.997. The largest absolute Gasteiger partial charge is 0.301 e. The molecule has 1 unspecified atom stereocenters. The fourth-order valence-corrected chi connectivity index (χ4v) is 3.54. The molecule has 1 atom stereocenters. The summed E-state index contributed by atoms with van der Waals surface area (Å²) in [4.78, 5) is 2.65. The van der Waals surface area contributed by atoms with E-state index in [-0.39, 0.29) is 0 Å². The maximum atomic E-state index is 2.65. The van der Waals surface area contributed by atoms with Crippen LogP contribution in [0.5, 0.6) is 0 Å². The topological polar surface area (TPSA) is 3.24 Å². The summed E-state index contributed by atoms with van der Waals surface area (Å²) in [5, 5.41) is 0. The zero-order chi connectivity index (χ0) is 10.2. The fourth-order valence-electron chi connectivity index (χ4n) is 3.54. The van der Waals surface area contributed by atoms with Crippen LogP contribution in [-0.4, -0.2) is 24.0 Å². The molecule has 1 spiro atoms. The van der Waals surface area contributed by atoms with Crippen LogP contribution in [0.3, 0.4) is 0 Å². The first kappa shape index (κ1) is 10.5. The minimum Gasteiger partial charge on any atom is -0.301 e. The first-order chi connectivity index (χ1) is 6.64. The van der Waals surface area contributed by atoms with E-state index < -0.39 is 0 Å². The number of hydrogen-bond donors (Lipinski definition) is 0. The Morgan fingerprint density at radius 1 is 1.14 bits per heavy atom. The molecular formula is C13H25N. The van der Waals surface area contributed by atoms with E-state index in [4.69, 9.17) is 0 Å². The van der Waals surface area contributed by atoms with Gasteiger partial charge in [0.1, 0.15) is 0 Å². The van der Waals surface area contributed by atoms with Crippen molar-refractivity contribution in [3.05, 3.63) is 0 Å². The number of nitrogens with zero attached hydrogens (tertiary/aromatic N) is 1. The van der Waals surface area contributed by atoms with Gasteiger partial charge in [-0.25, -0.2) is 0 Å². The number of likely N-dealkylation sites (tertiary alicyclic amines) is 1. The molecule has 1 aliphatic carbocycles. The third-order valence-electron chi connectivity index (χ3n) is 4.88. The van der Waals surface area contributed by atoms with Gasteiger partial charge >= 0.3 is 0 Å². The Balaban J connectivity index is 1.94. The Morgan fingerprint density at radius 3 is 2.21 bits per heavy atom. The van der Waals surface area contributed by atoms with Crippen LogP contribution in [-0.2, 0) is 0 Å². The summed E-state index contributed by atoms with van der Waals surface area (Å²) < 4.78 is 0. The molecule has 1 heterocycles. The van der Waals surface area contributed by atoms with E-state index >= 15 is 0 Å². The molecule has 82 valence electrons. The summed E-state index contributed by atoms with van der Waals surface area (Å²) in [7, 11) is 0. The van der Waals surface area contributed by atoms with Gasteiger partial charge in [0.2, 0.25) is 0 Å². The van der Waals surface area contributed by atoms with Gasteiger partial charge in [-0.3, -0.25) is 0 Å². The maximum Gasteiger partial charge on any atom is 0.00385 e. The van der Waals surface area contributed by atoms with Gasteiger partial charge in [-0.05, 0) is 57.5 Å². The predicted molar refractivity (Wildman–Crippen MR) is 61.4 cm³/mol. The third-order valence-corrected chi connectivity index (χ3v) is 4.88. The Labute approximate surface area is 88.9 Å². The minimum absolute atomic E-state index is 0.754. The normalized spacial score (nSPS) is 33.0. The molecule has 0 amide bonds. The van der Waals surface area contributed by atoms with Crippen LogP contribution in [0.25, 0.3) is 0 Å². The molecule has 0 aromatic heterocycles. The standard InChI is InChI=1S/C13H25N/c1-11(2)14-9-7-13(8-10-14)6-4-5-12(13)3/h11-12H,4-10H2,1-3H3. The average Bonchev–Trinajstić information content (AvgIpc) is 2.49. The van der Waals surface area contributed by atoms with Crippen LogP contribution < -0.4 is 0 Å². The van der Waals surface area contributed by atoms with Crippen LogP contribution in [0, 0.1) is 11.3 Å². The van der Waals surface area contributed by atoms with E-state index in [1.54, 1.807) is 0 Å². The lowest BCUT2D eigenvalue weighted by molar-refractivity contribution is 0.0586. The van der Waals surface area contributed by atoms with Crippen molar-refractivity contribution in [1.82, 2.24) is 4.90 Å². The monoisotopic (exact) mass is 195 g/mol. The second-order valence-electron chi connectivity index (χ2n) is 5.79. The number of piperidine rings is 1. The van der Waals surface area contributed by atoms with E-state index in [1.807, 2.05) is 0 Å². The zero-order valence-corrected chi connectivity index (χ0v) is 10.1. The van der Waals surface area contributed by atoms with Crippen molar-refractivity contribution < 1.29 is 0 Å². The van der Waals surface area contributed by atoms with Gasteiger partial charge < -0.3 is 4.90 Å². The summed E-state index contributed by atoms with van der Waals surface area (Å²) in [6.45, 7) is 9.84. The van der Waals surface area contributed by atoms with Crippen molar-refractivity contribution in [1.29, 1.82) is 0 Å². The van der Waals surface area contributed by atoms with Gasteiger partial charge in [-0.2, -0.15) is 0 Å². The quantitative estimate of drug-likeness (QED) is 0.620. The van der Waals surface area contributed by atoms with E-state index in [1.165, 1.54) is 45.2 Å². The van der Waals surface area contributed by atoms with E-state index in [2.05, 4.69) is 25.7 Å². The summed E-state index contributed by atoms with van der Waals surface area (Å²) in [6.07, 6.45) is 7.42. The SMILES string of the molecule is CC(C)N1CCC2(CCCC2C)CC1. The highest BCUT2D eigenvalue weighted by molar-refractivity contribution is 4.94. The van der Waals surface area contributed by atoms with Gasteiger partial charge in [0.25, 0.3) is 0 Å². The van der Waals surface area contributed by atoms with Crippen molar-refractivity contribution >= 4 is 0 Å². The molecule has 1 aliphatic heterocycles. The highest BCUT2D eigenvalue weighted by atomic mass is 15.2. The fraction of sp³-hybridized carbons (Fsp3) is 1.00. The van der Waals surface area contributed by atoms with Gasteiger partial charge in [0.15, 0.2) is 0 Å². The van der Waals surface area contributed by atoms with Crippen LogP contribution in [0.1, 0.15) is 52.9 Å². The van der Waals surface area contributed by atoms with E-state index in [9.17, 15) is 0 Å². The molecule has 1 saturated heterocycles. The smallest absolute Gasteiger partial charge is 0.00385 e. The summed E-state index contributed by atoms with van der Waals surface area (Å²) in [5.41, 5.74) is 0.755. The van der Waals surface area contributed by atoms with Crippen LogP contribution in [0.15, 0.2) is 0 Å². The van der Waals surface area contributed by atoms with Crippen molar-refractivity contribution in [3.8, 4) is 0 Å². The Bertz CT molecular complexity index is 189. The highest BCUT2D eigenvalue weighted by Crippen LogP contribution is 2.50. The van der Waals surface area contributed by atoms with Crippen LogP contribution in [0.4, 0.5) is 0 Å². The molecule has 2 rings (SSSR count). The molecule has 0 N–H and O–H groups in total. The van der Waals surface area contributed by atoms with Gasteiger partial charge in [0.05, 0.1) is 0 Å². The molecule has 1 saturated carbocycles. The Kier molecular flexibility index (Phi) is 2.88. The van der Waals surface area contributed by atoms with Crippen molar-refractivity contribution in [2.24, 2.45) is 11.3 Å². The molecule has 0 bridgehead atoms. The Hall–Kier alpha value is -0.0400. The van der Waals surface area contributed by atoms with Crippen molar-refractivity contribution in [2.75, 3.05) is 13.1 Å². The molecule has 1 heteroatoms. The first-order valence-corrected chi connectivity index (χ1v) is 6.38. The lowest BCUT2D eigenvalue weighted by atomic mass is 9.71. The second-order valence-corrected chi connectivity index (χ2v) is 5.79. The van der Waals surface area contributed by atoms with E-state index in [0.29, 0.717) is 0 Å².